The lowest BCUT2D eigenvalue weighted by Gasteiger charge is -2.19. The van der Waals surface area contributed by atoms with Crippen molar-refractivity contribution in [3.63, 3.8) is 0 Å². The van der Waals surface area contributed by atoms with E-state index in [1.165, 1.54) is 5.56 Å². The van der Waals surface area contributed by atoms with Gasteiger partial charge in [-0.3, -0.25) is 4.98 Å². The first kappa shape index (κ1) is 13.6. The van der Waals surface area contributed by atoms with Crippen LogP contribution in [0, 0.1) is 0 Å². The molecule has 0 radical (unpaired) electrons. The number of hydrogen-bond donors (Lipinski definition) is 1. The van der Waals surface area contributed by atoms with E-state index >= 15 is 0 Å². The Morgan fingerprint density at radius 3 is 2.37 bits per heavy atom. The third kappa shape index (κ3) is 3.32. The summed E-state index contributed by atoms with van der Waals surface area (Å²) in [6.07, 6.45) is 3.41. The van der Waals surface area contributed by atoms with Crippen LogP contribution in [0.3, 0.4) is 0 Å². The van der Waals surface area contributed by atoms with Gasteiger partial charge in [0.25, 0.3) is 0 Å². The highest BCUT2D eigenvalue weighted by Gasteiger charge is 2.13. The predicted molar refractivity (Wildman–Crippen MR) is 77.3 cm³/mol. The molecule has 0 aliphatic rings. The Labute approximate surface area is 114 Å². The molecule has 0 amide bonds. The molecule has 0 saturated carbocycles. The third-order valence-corrected chi connectivity index (χ3v) is 3.04. The molecule has 100 valence electrons. The molecule has 0 bridgehead atoms. The normalized spacial score (nSPS) is 11.4. The molecule has 3 heteroatoms. The van der Waals surface area contributed by atoms with Gasteiger partial charge in [-0.25, -0.2) is 0 Å². The molecule has 1 aromatic heterocycles. The molecule has 0 fully saturated rings. The highest BCUT2D eigenvalue weighted by atomic mass is 16.5. The van der Waals surface area contributed by atoms with Crippen LogP contribution < -0.4 is 10.5 Å². The van der Waals surface area contributed by atoms with Crippen LogP contribution in [0.25, 0.3) is 0 Å². The summed E-state index contributed by atoms with van der Waals surface area (Å²) in [5.41, 5.74) is 8.06. The van der Waals surface area contributed by atoms with E-state index < -0.39 is 0 Å². The van der Waals surface area contributed by atoms with Crippen molar-refractivity contribution in [3.8, 4) is 11.5 Å². The lowest BCUT2D eigenvalue weighted by molar-refractivity contribution is 0.473. The van der Waals surface area contributed by atoms with Crippen LogP contribution in [-0.2, 0) is 12.0 Å². The number of nitrogens with two attached hydrogens (primary N) is 1. The Kier molecular flexibility index (Phi) is 3.86. The van der Waals surface area contributed by atoms with Gasteiger partial charge in [0.15, 0.2) is 0 Å². The van der Waals surface area contributed by atoms with Gasteiger partial charge in [0.1, 0.15) is 11.5 Å². The molecule has 0 aliphatic heterocycles. The average Bonchev–Trinajstić information content (AvgIpc) is 2.39. The molecule has 1 aromatic carbocycles. The Morgan fingerprint density at radius 1 is 1.11 bits per heavy atom. The number of aromatic nitrogens is 1. The summed E-state index contributed by atoms with van der Waals surface area (Å²) in [6, 6.07) is 10.0. The van der Waals surface area contributed by atoms with Crippen molar-refractivity contribution < 1.29 is 4.74 Å². The third-order valence-electron chi connectivity index (χ3n) is 3.04. The molecule has 2 N–H and O–H groups in total. The summed E-state index contributed by atoms with van der Waals surface area (Å²) >= 11 is 0. The van der Waals surface area contributed by atoms with E-state index in [0.717, 1.165) is 11.3 Å². The fraction of sp³-hybridized carbons (Fsp3) is 0.312. The molecule has 2 rings (SSSR count). The zero-order chi connectivity index (χ0) is 13.9. The number of pyridine rings is 1. The standard InChI is InChI=1S/C16H20N2O/c1-16(2,3)13-4-6-14(7-5-13)19-15-11-18-9-8-12(15)10-17/h4-9,11H,10,17H2,1-3H3. The number of hydrogen-bond acceptors (Lipinski definition) is 3. The SMILES string of the molecule is CC(C)(C)c1ccc(Oc2cnccc2CN)cc1. The molecule has 1 heterocycles. The van der Waals surface area contributed by atoms with E-state index in [1.807, 2.05) is 18.2 Å². The van der Waals surface area contributed by atoms with Crippen LogP contribution in [0.15, 0.2) is 42.7 Å². The molecule has 0 unspecified atom stereocenters. The summed E-state index contributed by atoms with van der Waals surface area (Å²) in [6.45, 7) is 7.02. The van der Waals surface area contributed by atoms with Gasteiger partial charge in [-0.2, -0.15) is 0 Å². The van der Waals surface area contributed by atoms with Gasteiger partial charge >= 0.3 is 0 Å². The van der Waals surface area contributed by atoms with E-state index in [1.54, 1.807) is 12.4 Å². The van der Waals surface area contributed by atoms with Gasteiger partial charge in [-0.15, -0.1) is 0 Å². The Balaban J connectivity index is 2.20. The molecule has 0 spiro atoms. The van der Waals surface area contributed by atoms with Crippen molar-refractivity contribution in [3.05, 3.63) is 53.9 Å². The highest BCUT2D eigenvalue weighted by Crippen LogP contribution is 2.28. The van der Waals surface area contributed by atoms with Gasteiger partial charge in [-0.1, -0.05) is 32.9 Å². The van der Waals surface area contributed by atoms with Crippen molar-refractivity contribution in [2.45, 2.75) is 32.7 Å². The average molecular weight is 256 g/mol. The minimum Gasteiger partial charge on any atom is -0.455 e. The van der Waals surface area contributed by atoms with E-state index in [2.05, 4.69) is 37.9 Å². The van der Waals surface area contributed by atoms with Crippen molar-refractivity contribution in [2.24, 2.45) is 5.73 Å². The molecule has 19 heavy (non-hydrogen) atoms. The Hall–Kier alpha value is -1.87. The first-order chi connectivity index (χ1) is 9.00. The zero-order valence-electron chi connectivity index (χ0n) is 11.7. The van der Waals surface area contributed by atoms with Crippen LogP contribution in [0.1, 0.15) is 31.9 Å². The summed E-state index contributed by atoms with van der Waals surface area (Å²) in [5.74, 6) is 1.52. The second-order valence-corrected chi connectivity index (χ2v) is 5.56. The molecule has 2 aromatic rings. The monoisotopic (exact) mass is 256 g/mol. The maximum atomic E-state index is 5.83. The molecular weight excluding hydrogens is 236 g/mol. The fourth-order valence-corrected chi connectivity index (χ4v) is 1.82. The minimum atomic E-state index is 0.148. The van der Waals surface area contributed by atoms with Crippen LogP contribution in [0.4, 0.5) is 0 Å². The number of nitrogens with zero attached hydrogens (tertiary/aromatic N) is 1. The van der Waals surface area contributed by atoms with Crippen LogP contribution in [0.2, 0.25) is 0 Å². The highest BCUT2D eigenvalue weighted by molar-refractivity contribution is 5.37. The maximum absolute atomic E-state index is 5.83. The second kappa shape index (κ2) is 5.41. The summed E-state index contributed by atoms with van der Waals surface area (Å²) < 4.78 is 5.83. The fourth-order valence-electron chi connectivity index (χ4n) is 1.82. The van der Waals surface area contributed by atoms with Crippen molar-refractivity contribution in [2.75, 3.05) is 0 Å². The lowest BCUT2D eigenvalue weighted by Crippen LogP contribution is -2.10. The first-order valence-corrected chi connectivity index (χ1v) is 6.42. The van der Waals surface area contributed by atoms with Gasteiger partial charge in [0.05, 0.1) is 6.20 Å². The van der Waals surface area contributed by atoms with E-state index in [0.29, 0.717) is 12.3 Å². The predicted octanol–water partition coefficient (Wildman–Crippen LogP) is 3.63. The zero-order valence-corrected chi connectivity index (χ0v) is 11.7. The van der Waals surface area contributed by atoms with Gasteiger partial charge in [0.2, 0.25) is 0 Å². The summed E-state index contributed by atoms with van der Waals surface area (Å²) in [4.78, 5) is 4.07. The lowest BCUT2D eigenvalue weighted by atomic mass is 9.87. The molecular formula is C16H20N2O. The smallest absolute Gasteiger partial charge is 0.150 e. The quantitative estimate of drug-likeness (QED) is 0.912. The van der Waals surface area contributed by atoms with Crippen molar-refractivity contribution in [1.82, 2.24) is 4.98 Å². The summed E-state index contributed by atoms with van der Waals surface area (Å²) in [5, 5.41) is 0. The minimum absolute atomic E-state index is 0.148. The van der Waals surface area contributed by atoms with Crippen LogP contribution >= 0.6 is 0 Å². The van der Waals surface area contributed by atoms with Crippen LogP contribution in [-0.4, -0.2) is 4.98 Å². The Bertz CT molecular complexity index is 541. The van der Waals surface area contributed by atoms with Crippen LogP contribution in [0.5, 0.6) is 11.5 Å². The number of ether oxygens (including phenoxy) is 1. The number of benzene rings is 1. The van der Waals surface area contributed by atoms with Crippen molar-refractivity contribution >= 4 is 0 Å². The first-order valence-electron chi connectivity index (χ1n) is 6.42. The van der Waals surface area contributed by atoms with E-state index in [9.17, 15) is 0 Å². The van der Waals surface area contributed by atoms with Gasteiger partial charge in [0, 0.05) is 18.3 Å². The van der Waals surface area contributed by atoms with Gasteiger partial charge in [-0.05, 0) is 29.2 Å². The summed E-state index contributed by atoms with van der Waals surface area (Å²) in [7, 11) is 0. The van der Waals surface area contributed by atoms with Gasteiger partial charge < -0.3 is 10.5 Å². The maximum Gasteiger partial charge on any atom is 0.150 e. The molecule has 3 nitrogen and oxygen atoms in total. The van der Waals surface area contributed by atoms with Crippen molar-refractivity contribution in [1.29, 1.82) is 0 Å². The van der Waals surface area contributed by atoms with E-state index in [4.69, 9.17) is 10.5 Å². The number of rotatable bonds is 3. The second-order valence-electron chi connectivity index (χ2n) is 5.56. The largest absolute Gasteiger partial charge is 0.455 e. The molecule has 0 atom stereocenters. The topological polar surface area (TPSA) is 48.1 Å². The van der Waals surface area contributed by atoms with E-state index in [-0.39, 0.29) is 5.41 Å². The molecule has 0 aliphatic carbocycles. The Morgan fingerprint density at radius 2 is 1.79 bits per heavy atom. The molecule has 0 saturated heterocycles.